The number of nitrogens with two attached hydrogens (primary N) is 1. The minimum absolute atomic E-state index is 0.387. The highest BCUT2D eigenvalue weighted by Gasteiger charge is 2.19. The topological polar surface area (TPSA) is 66.9 Å². The van der Waals surface area contributed by atoms with Crippen molar-refractivity contribution in [1.82, 2.24) is 0 Å². The first kappa shape index (κ1) is 14.6. The summed E-state index contributed by atoms with van der Waals surface area (Å²) in [7, 11) is 0. The normalized spacial score (nSPS) is 11.6. The van der Waals surface area contributed by atoms with Crippen LogP contribution in [-0.2, 0) is 4.79 Å². The van der Waals surface area contributed by atoms with Crippen LogP contribution in [0.5, 0.6) is 0 Å². The number of amides is 1. The maximum atomic E-state index is 11.6. The van der Waals surface area contributed by atoms with E-state index in [2.05, 4.69) is 22.0 Å². The summed E-state index contributed by atoms with van der Waals surface area (Å²) in [4.78, 5) is 12.5. The van der Waals surface area contributed by atoms with Crippen molar-refractivity contribution >= 4 is 33.6 Å². The Labute approximate surface area is 129 Å². The average molecular weight is 347 g/mol. The summed E-state index contributed by atoms with van der Waals surface area (Å²) in [6, 6.07) is 16.6. The SMILES string of the molecule is N#Cc1ccc(S[C@H](C(N)=O)c2ccc(Br)cc2)cc1. The fourth-order valence-corrected chi connectivity index (χ4v) is 2.91. The van der Waals surface area contributed by atoms with Gasteiger partial charge in [-0.25, -0.2) is 0 Å². The Bertz CT molecular complexity index is 647. The highest BCUT2D eigenvalue weighted by Crippen LogP contribution is 2.35. The van der Waals surface area contributed by atoms with Crippen LogP contribution in [0.25, 0.3) is 0 Å². The molecule has 0 saturated carbocycles. The van der Waals surface area contributed by atoms with Crippen LogP contribution in [0, 0.1) is 11.3 Å². The lowest BCUT2D eigenvalue weighted by Crippen LogP contribution is -2.18. The van der Waals surface area contributed by atoms with Gasteiger partial charge in [-0.15, -0.1) is 11.8 Å². The molecule has 0 aliphatic heterocycles. The molecular weight excluding hydrogens is 336 g/mol. The van der Waals surface area contributed by atoms with Crippen LogP contribution >= 0.6 is 27.7 Å². The summed E-state index contributed by atoms with van der Waals surface area (Å²) >= 11 is 4.74. The van der Waals surface area contributed by atoms with Gasteiger partial charge < -0.3 is 5.73 Å². The molecule has 3 nitrogen and oxygen atoms in total. The highest BCUT2D eigenvalue weighted by molar-refractivity contribution is 9.10. The molecule has 2 aromatic carbocycles. The number of nitriles is 1. The van der Waals surface area contributed by atoms with E-state index in [1.165, 1.54) is 11.8 Å². The molecule has 1 amide bonds. The second-order valence-electron chi connectivity index (χ2n) is 4.09. The minimum Gasteiger partial charge on any atom is -0.368 e. The van der Waals surface area contributed by atoms with Gasteiger partial charge in [-0.2, -0.15) is 5.26 Å². The number of carbonyl (C=O) groups is 1. The Morgan fingerprint density at radius 3 is 2.25 bits per heavy atom. The maximum Gasteiger partial charge on any atom is 0.235 e. The van der Waals surface area contributed by atoms with Gasteiger partial charge in [-0.1, -0.05) is 28.1 Å². The number of primary amides is 1. The molecule has 2 aromatic rings. The zero-order chi connectivity index (χ0) is 14.5. The molecule has 0 saturated heterocycles. The van der Waals surface area contributed by atoms with Gasteiger partial charge in [0.2, 0.25) is 5.91 Å². The smallest absolute Gasteiger partial charge is 0.235 e. The fraction of sp³-hybridized carbons (Fsp3) is 0.0667. The summed E-state index contributed by atoms with van der Waals surface area (Å²) in [6.07, 6.45) is 0. The van der Waals surface area contributed by atoms with E-state index in [1.54, 1.807) is 12.1 Å². The first-order valence-corrected chi connectivity index (χ1v) is 7.49. The van der Waals surface area contributed by atoms with Gasteiger partial charge in [-0.05, 0) is 42.0 Å². The molecule has 2 rings (SSSR count). The molecule has 20 heavy (non-hydrogen) atoms. The molecule has 0 bridgehead atoms. The minimum atomic E-state index is -0.448. The zero-order valence-electron chi connectivity index (χ0n) is 10.4. The number of rotatable bonds is 4. The molecule has 0 spiro atoms. The van der Waals surface area contributed by atoms with Crippen molar-refractivity contribution in [1.29, 1.82) is 5.26 Å². The van der Waals surface area contributed by atoms with Crippen LogP contribution in [0.4, 0.5) is 0 Å². The van der Waals surface area contributed by atoms with Crippen molar-refractivity contribution in [3.8, 4) is 6.07 Å². The van der Waals surface area contributed by atoms with E-state index >= 15 is 0 Å². The van der Waals surface area contributed by atoms with E-state index in [0.717, 1.165) is 14.9 Å². The monoisotopic (exact) mass is 346 g/mol. The van der Waals surface area contributed by atoms with E-state index in [1.807, 2.05) is 36.4 Å². The van der Waals surface area contributed by atoms with Gasteiger partial charge in [0, 0.05) is 9.37 Å². The number of benzene rings is 2. The summed E-state index contributed by atoms with van der Waals surface area (Å²) in [5.41, 5.74) is 6.93. The molecule has 5 heteroatoms. The van der Waals surface area contributed by atoms with E-state index in [9.17, 15) is 4.79 Å². The predicted molar refractivity (Wildman–Crippen MR) is 83.1 cm³/mol. The lowest BCUT2D eigenvalue weighted by atomic mass is 10.1. The molecule has 0 aromatic heterocycles. The molecule has 0 heterocycles. The quantitative estimate of drug-likeness (QED) is 0.859. The molecule has 0 aliphatic carbocycles. The molecule has 100 valence electrons. The summed E-state index contributed by atoms with van der Waals surface area (Å²) in [5, 5.41) is 8.32. The van der Waals surface area contributed by atoms with Crippen molar-refractivity contribution in [3.63, 3.8) is 0 Å². The first-order chi connectivity index (χ1) is 9.60. The molecule has 0 radical (unpaired) electrons. The molecular formula is C15H11BrN2OS. The Hall–Kier alpha value is -1.77. The van der Waals surface area contributed by atoms with Gasteiger partial charge in [0.1, 0.15) is 5.25 Å². The Kier molecular flexibility index (Phi) is 4.83. The second kappa shape index (κ2) is 6.60. The Morgan fingerprint density at radius 2 is 1.75 bits per heavy atom. The number of nitrogens with zero attached hydrogens (tertiary/aromatic N) is 1. The highest BCUT2D eigenvalue weighted by atomic mass is 79.9. The third-order valence-corrected chi connectivity index (χ3v) is 4.48. The van der Waals surface area contributed by atoms with Gasteiger partial charge in [0.25, 0.3) is 0 Å². The van der Waals surface area contributed by atoms with Crippen LogP contribution in [0.2, 0.25) is 0 Å². The molecule has 0 unspecified atom stereocenters. The average Bonchev–Trinajstić information content (AvgIpc) is 2.46. The zero-order valence-corrected chi connectivity index (χ0v) is 12.8. The second-order valence-corrected chi connectivity index (χ2v) is 6.18. The fourth-order valence-electron chi connectivity index (χ4n) is 1.67. The third-order valence-electron chi connectivity index (χ3n) is 2.67. The first-order valence-electron chi connectivity index (χ1n) is 5.82. The van der Waals surface area contributed by atoms with Gasteiger partial charge >= 0.3 is 0 Å². The molecule has 2 N–H and O–H groups in total. The molecule has 1 atom stereocenters. The Balaban J connectivity index is 2.23. The maximum absolute atomic E-state index is 11.6. The number of hydrogen-bond donors (Lipinski definition) is 1. The van der Waals surface area contributed by atoms with E-state index in [0.29, 0.717) is 5.56 Å². The molecule has 0 fully saturated rings. The van der Waals surface area contributed by atoms with Gasteiger partial charge in [-0.3, -0.25) is 4.79 Å². The van der Waals surface area contributed by atoms with E-state index in [-0.39, 0.29) is 5.91 Å². The van der Waals surface area contributed by atoms with E-state index in [4.69, 9.17) is 11.0 Å². The number of hydrogen-bond acceptors (Lipinski definition) is 3. The number of carbonyl (C=O) groups excluding carboxylic acids is 1. The van der Waals surface area contributed by atoms with Crippen molar-refractivity contribution in [3.05, 3.63) is 64.1 Å². The third kappa shape index (κ3) is 3.62. The summed E-state index contributed by atoms with van der Waals surface area (Å²) in [5.74, 6) is -0.387. The van der Waals surface area contributed by atoms with E-state index < -0.39 is 5.25 Å². The van der Waals surface area contributed by atoms with Crippen molar-refractivity contribution < 1.29 is 4.79 Å². The van der Waals surface area contributed by atoms with Gasteiger partial charge in [0.15, 0.2) is 0 Å². The Morgan fingerprint density at radius 1 is 1.15 bits per heavy atom. The predicted octanol–water partition coefficient (Wildman–Crippen LogP) is 3.64. The van der Waals surface area contributed by atoms with Crippen LogP contribution in [0.15, 0.2) is 57.9 Å². The lowest BCUT2D eigenvalue weighted by molar-refractivity contribution is -0.117. The van der Waals surface area contributed by atoms with Gasteiger partial charge in [0.05, 0.1) is 11.6 Å². The van der Waals surface area contributed by atoms with Crippen molar-refractivity contribution in [2.75, 3.05) is 0 Å². The van der Waals surface area contributed by atoms with Crippen LogP contribution < -0.4 is 5.73 Å². The standard InChI is InChI=1S/C15H11BrN2OS/c16-12-5-3-11(4-6-12)14(15(18)19)20-13-7-1-10(9-17)2-8-13/h1-8,14H,(H2,18,19)/t14-/m0/s1. The molecule has 0 aliphatic rings. The van der Waals surface area contributed by atoms with Crippen LogP contribution in [-0.4, -0.2) is 5.91 Å². The lowest BCUT2D eigenvalue weighted by Gasteiger charge is -2.13. The number of thioether (sulfide) groups is 1. The van der Waals surface area contributed by atoms with Crippen molar-refractivity contribution in [2.45, 2.75) is 10.1 Å². The summed E-state index contributed by atoms with van der Waals surface area (Å²) in [6.45, 7) is 0. The van der Waals surface area contributed by atoms with Crippen LogP contribution in [0.1, 0.15) is 16.4 Å². The number of halogens is 1. The largest absolute Gasteiger partial charge is 0.368 e. The summed E-state index contributed by atoms with van der Waals surface area (Å²) < 4.78 is 0.952. The van der Waals surface area contributed by atoms with Crippen LogP contribution in [0.3, 0.4) is 0 Å². The van der Waals surface area contributed by atoms with Crippen molar-refractivity contribution in [2.24, 2.45) is 5.73 Å².